The molecule has 0 aliphatic heterocycles. The maximum absolute atomic E-state index is 10.5. The smallest absolute Gasteiger partial charge is 0.232 e. The van der Waals surface area contributed by atoms with Crippen LogP contribution < -0.4 is 4.90 Å². The highest BCUT2D eigenvalue weighted by molar-refractivity contribution is 5.68. The Hall–Kier alpha value is -3.05. The van der Waals surface area contributed by atoms with Crippen LogP contribution >= 0.6 is 0 Å². The Morgan fingerprint density at radius 2 is 1.91 bits per heavy atom. The molecule has 7 heteroatoms. The van der Waals surface area contributed by atoms with Crippen LogP contribution in [0, 0.1) is 12.3 Å². The third-order valence-corrected chi connectivity index (χ3v) is 5.17. The minimum Gasteiger partial charge on any atom is -0.468 e. The number of ether oxygens (including phenoxy) is 1. The van der Waals surface area contributed by atoms with Crippen molar-refractivity contribution in [2.45, 2.75) is 33.0 Å². The minimum absolute atomic E-state index is 0.164. The van der Waals surface area contributed by atoms with E-state index in [1.165, 1.54) is 0 Å². The van der Waals surface area contributed by atoms with Crippen molar-refractivity contribution in [3.63, 3.8) is 0 Å². The van der Waals surface area contributed by atoms with E-state index in [-0.39, 0.29) is 13.2 Å². The Morgan fingerprint density at radius 1 is 1.12 bits per heavy atom. The molecule has 0 spiro atoms. The van der Waals surface area contributed by atoms with E-state index in [0.29, 0.717) is 19.6 Å². The van der Waals surface area contributed by atoms with Crippen LogP contribution in [0.15, 0.2) is 57.7 Å². The van der Waals surface area contributed by atoms with Crippen LogP contribution in [0.5, 0.6) is 0 Å². The van der Waals surface area contributed by atoms with E-state index in [1.807, 2.05) is 42.5 Å². The largest absolute Gasteiger partial charge is 0.468 e. The Balaban J connectivity index is 1.90. The molecule has 0 aliphatic carbocycles. The van der Waals surface area contributed by atoms with Crippen LogP contribution in [-0.4, -0.2) is 54.1 Å². The number of nitrogens with zero attached hydrogens (tertiary/aromatic N) is 3. The van der Waals surface area contributed by atoms with Crippen molar-refractivity contribution in [1.29, 1.82) is 0 Å². The van der Waals surface area contributed by atoms with Gasteiger partial charge in [0.25, 0.3) is 0 Å². The van der Waals surface area contributed by atoms with E-state index in [0.717, 1.165) is 41.6 Å². The fourth-order valence-corrected chi connectivity index (χ4v) is 3.66. The van der Waals surface area contributed by atoms with Gasteiger partial charge in [0.15, 0.2) is 0 Å². The fraction of sp³-hybridized carbons (Fsp3) is 0.400. The predicted octanol–water partition coefficient (Wildman–Crippen LogP) is 3.79. The topological polar surface area (TPSA) is 75.1 Å². The van der Waals surface area contributed by atoms with Gasteiger partial charge in [-0.3, -0.25) is 4.90 Å². The normalized spacial score (nSPS) is 12.1. The number of hydrogen-bond donors (Lipinski definition) is 1. The first-order valence-corrected chi connectivity index (χ1v) is 10.9. The highest BCUT2D eigenvalue weighted by Crippen LogP contribution is 2.32. The minimum atomic E-state index is -0.699. The van der Waals surface area contributed by atoms with Gasteiger partial charge in [0.05, 0.1) is 31.1 Å². The van der Waals surface area contributed by atoms with Crippen LogP contribution in [0.1, 0.15) is 25.2 Å². The highest BCUT2D eigenvalue weighted by atomic mass is 16.5. The summed E-state index contributed by atoms with van der Waals surface area (Å²) in [5.41, 5.74) is 2.76. The van der Waals surface area contributed by atoms with E-state index < -0.39 is 6.10 Å². The third kappa shape index (κ3) is 6.24. The second-order valence-corrected chi connectivity index (χ2v) is 7.48. The molecule has 2 aromatic heterocycles. The van der Waals surface area contributed by atoms with Crippen LogP contribution in [-0.2, 0) is 17.8 Å². The predicted molar refractivity (Wildman–Crippen MR) is 124 cm³/mol. The lowest BCUT2D eigenvalue weighted by atomic mass is 10.1. The van der Waals surface area contributed by atoms with Gasteiger partial charge >= 0.3 is 0 Å². The number of hydrogen-bond acceptors (Lipinski definition) is 7. The van der Waals surface area contributed by atoms with E-state index in [2.05, 4.69) is 34.7 Å². The summed E-state index contributed by atoms with van der Waals surface area (Å²) in [6.07, 6.45) is 6.19. The Bertz CT molecular complexity index is 959. The zero-order valence-electron chi connectivity index (χ0n) is 18.7. The van der Waals surface area contributed by atoms with Crippen molar-refractivity contribution < 1.29 is 18.8 Å². The summed E-state index contributed by atoms with van der Waals surface area (Å²) in [5, 5.41) is 15.0. The summed E-state index contributed by atoms with van der Waals surface area (Å²) in [6.45, 7) is 7.53. The van der Waals surface area contributed by atoms with Crippen LogP contribution in [0.3, 0.4) is 0 Å². The zero-order chi connectivity index (χ0) is 22.8. The van der Waals surface area contributed by atoms with Gasteiger partial charge in [-0.25, -0.2) is 0 Å². The molecule has 0 radical (unpaired) electrons. The average molecular weight is 438 g/mol. The quantitative estimate of drug-likeness (QED) is 0.322. The summed E-state index contributed by atoms with van der Waals surface area (Å²) >= 11 is 0. The van der Waals surface area contributed by atoms with Crippen LogP contribution in [0.25, 0.3) is 11.3 Å². The van der Waals surface area contributed by atoms with Crippen molar-refractivity contribution in [3.05, 3.63) is 60.1 Å². The highest BCUT2D eigenvalue weighted by Gasteiger charge is 2.25. The molecule has 0 saturated heterocycles. The molecule has 3 aromatic rings. The van der Waals surface area contributed by atoms with Crippen molar-refractivity contribution in [3.8, 4) is 23.6 Å². The Morgan fingerprint density at radius 3 is 2.56 bits per heavy atom. The van der Waals surface area contributed by atoms with E-state index in [9.17, 15) is 5.11 Å². The van der Waals surface area contributed by atoms with Gasteiger partial charge in [-0.1, -0.05) is 41.4 Å². The third-order valence-electron chi connectivity index (χ3n) is 5.17. The molecule has 1 atom stereocenters. The number of anilines is 1. The number of benzene rings is 1. The van der Waals surface area contributed by atoms with E-state index in [1.54, 1.807) is 6.26 Å². The maximum Gasteiger partial charge on any atom is 0.232 e. The molecule has 7 nitrogen and oxygen atoms in total. The van der Waals surface area contributed by atoms with Gasteiger partial charge in [0.2, 0.25) is 5.88 Å². The Kier molecular flexibility index (Phi) is 8.93. The standard InChI is InChI=1S/C25H31N3O4/c1-4-14-30-19-21(29)16-27(17-22-13-10-15-31-22)18-23-24(20-11-8-7-9-12-20)26-32-25(23)28(5-2)6-3/h1,7-13,15,21,29H,5-6,14,16-19H2,2-3H3/t21-/m1/s1. The number of terminal acetylenes is 1. The lowest BCUT2D eigenvalue weighted by Gasteiger charge is -2.26. The molecule has 0 bridgehead atoms. The second kappa shape index (κ2) is 12.1. The molecule has 3 rings (SSSR count). The first kappa shape index (κ1) is 23.6. The van der Waals surface area contributed by atoms with Gasteiger partial charge < -0.3 is 23.7 Å². The van der Waals surface area contributed by atoms with Crippen molar-refractivity contribution >= 4 is 5.88 Å². The molecule has 32 heavy (non-hydrogen) atoms. The van der Waals surface area contributed by atoms with Gasteiger partial charge in [0, 0.05) is 31.7 Å². The van der Waals surface area contributed by atoms with Gasteiger partial charge in [0.1, 0.15) is 18.1 Å². The summed E-state index contributed by atoms with van der Waals surface area (Å²) < 4.78 is 16.7. The summed E-state index contributed by atoms with van der Waals surface area (Å²) in [7, 11) is 0. The Labute approximate surface area is 189 Å². The molecule has 170 valence electrons. The van der Waals surface area contributed by atoms with Crippen molar-refractivity contribution in [1.82, 2.24) is 10.1 Å². The van der Waals surface area contributed by atoms with Crippen LogP contribution in [0.4, 0.5) is 5.88 Å². The summed E-state index contributed by atoms with van der Waals surface area (Å²) in [6, 6.07) is 13.8. The molecular formula is C25H31N3O4. The SMILES string of the molecule is C#CCOC[C@H](O)CN(Cc1ccco1)Cc1c(-c2ccccc2)noc1N(CC)CC. The van der Waals surface area contributed by atoms with E-state index >= 15 is 0 Å². The van der Waals surface area contributed by atoms with Crippen molar-refractivity contribution in [2.24, 2.45) is 0 Å². The molecule has 0 amide bonds. The van der Waals surface area contributed by atoms with Gasteiger partial charge in [-0.2, -0.15) is 0 Å². The lowest BCUT2D eigenvalue weighted by Crippen LogP contribution is -2.35. The second-order valence-electron chi connectivity index (χ2n) is 7.48. The number of aliphatic hydroxyl groups excluding tert-OH is 1. The summed E-state index contributed by atoms with van der Waals surface area (Å²) in [4.78, 5) is 4.25. The molecule has 2 heterocycles. The molecule has 0 aliphatic rings. The molecule has 1 N–H and O–H groups in total. The molecule has 0 fully saturated rings. The zero-order valence-corrected chi connectivity index (χ0v) is 18.7. The molecule has 0 saturated carbocycles. The first-order chi connectivity index (χ1) is 15.7. The maximum atomic E-state index is 10.5. The fourth-order valence-electron chi connectivity index (χ4n) is 3.66. The van der Waals surface area contributed by atoms with Crippen LogP contribution in [0.2, 0.25) is 0 Å². The first-order valence-electron chi connectivity index (χ1n) is 10.9. The average Bonchev–Trinajstić information content (AvgIpc) is 3.46. The van der Waals surface area contributed by atoms with E-state index in [4.69, 9.17) is 20.1 Å². The molecule has 0 unspecified atom stereocenters. The number of aromatic nitrogens is 1. The monoisotopic (exact) mass is 437 g/mol. The van der Waals surface area contributed by atoms with Crippen molar-refractivity contribution in [2.75, 3.05) is 37.7 Å². The van der Waals surface area contributed by atoms with Gasteiger partial charge in [-0.15, -0.1) is 6.42 Å². The summed E-state index contributed by atoms with van der Waals surface area (Å²) in [5.74, 6) is 3.98. The number of aliphatic hydroxyl groups is 1. The molecular weight excluding hydrogens is 406 g/mol. The van der Waals surface area contributed by atoms with Gasteiger partial charge in [-0.05, 0) is 26.0 Å². The lowest BCUT2D eigenvalue weighted by molar-refractivity contribution is 0.0230. The molecule has 1 aromatic carbocycles. The number of furan rings is 1. The number of rotatable bonds is 13.